The van der Waals surface area contributed by atoms with Crippen LogP contribution in [0.4, 0.5) is 0 Å². The first kappa shape index (κ1) is 17.0. The second-order valence-electron chi connectivity index (χ2n) is 7.08. The van der Waals surface area contributed by atoms with Gasteiger partial charge in [-0.3, -0.25) is 0 Å². The molecule has 0 spiro atoms. The summed E-state index contributed by atoms with van der Waals surface area (Å²) in [6, 6.07) is 0.348. The molecule has 1 aromatic heterocycles. The van der Waals surface area contributed by atoms with E-state index in [0.29, 0.717) is 35.6 Å². The topological polar surface area (TPSA) is 57.0 Å². The van der Waals surface area contributed by atoms with Crippen molar-refractivity contribution >= 4 is 5.97 Å². The zero-order chi connectivity index (χ0) is 16.3. The summed E-state index contributed by atoms with van der Waals surface area (Å²) in [6.45, 7) is 11.5. The number of rotatable bonds is 5. The van der Waals surface area contributed by atoms with Gasteiger partial charge >= 0.3 is 5.97 Å². The lowest BCUT2D eigenvalue weighted by Crippen LogP contribution is -2.37. The van der Waals surface area contributed by atoms with Crippen molar-refractivity contribution in [1.29, 1.82) is 0 Å². The lowest BCUT2D eigenvalue weighted by atomic mass is 9.60. The van der Waals surface area contributed by atoms with E-state index in [1.54, 1.807) is 13.1 Å². The molecule has 0 aromatic carbocycles. The fourth-order valence-electron chi connectivity index (χ4n) is 3.98. The van der Waals surface area contributed by atoms with Crippen LogP contribution in [0.15, 0.2) is 6.20 Å². The molecule has 1 saturated carbocycles. The Balaban J connectivity index is 2.04. The van der Waals surface area contributed by atoms with Gasteiger partial charge in [-0.15, -0.1) is 5.10 Å². The van der Waals surface area contributed by atoms with E-state index in [2.05, 4.69) is 38.0 Å². The third-order valence-electron chi connectivity index (χ3n) is 5.55. The van der Waals surface area contributed by atoms with Crippen LogP contribution in [0.25, 0.3) is 0 Å². The van der Waals surface area contributed by atoms with Gasteiger partial charge in [0.25, 0.3) is 0 Å². The molecule has 0 saturated heterocycles. The molecule has 0 N–H and O–H groups in total. The maximum Gasteiger partial charge on any atom is 0.360 e. The fraction of sp³-hybridized carbons (Fsp3) is 0.824. The molecule has 1 fully saturated rings. The lowest BCUT2D eigenvalue weighted by Gasteiger charge is -2.46. The minimum Gasteiger partial charge on any atom is -0.461 e. The van der Waals surface area contributed by atoms with Gasteiger partial charge in [-0.25, -0.2) is 9.48 Å². The van der Waals surface area contributed by atoms with Crippen molar-refractivity contribution in [2.75, 3.05) is 6.61 Å². The first-order chi connectivity index (χ1) is 10.4. The molecule has 124 valence electrons. The van der Waals surface area contributed by atoms with Crippen molar-refractivity contribution in [3.63, 3.8) is 0 Å². The van der Waals surface area contributed by atoms with E-state index in [1.165, 1.54) is 12.8 Å². The molecule has 1 aliphatic rings. The highest BCUT2D eigenvalue weighted by molar-refractivity contribution is 5.86. The van der Waals surface area contributed by atoms with Gasteiger partial charge in [0.15, 0.2) is 5.69 Å². The number of nitrogens with zero attached hydrogens (tertiary/aromatic N) is 3. The normalized spacial score (nSPS) is 18.9. The smallest absolute Gasteiger partial charge is 0.360 e. The summed E-state index contributed by atoms with van der Waals surface area (Å²) in [4.78, 5) is 11.7. The Bertz CT molecular complexity index is 490. The Hall–Kier alpha value is -1.39. The second-order valence-corrected chi connectivity index (χ2v) is 7.08. The van der Waals surface area contributed by atoms with Crippen molar-refractivity contribution in [1.82, 2.24) is 15.0 Å². The van der Waals surface area contributed by atoms with Crippen LogP contribution in [0.2, 0.25) is 0 Å². The van der Waals surface area contributed by atoms with Crippen LogP contribution in [0.3, 0.4) is 0 Å². The Labute approximate surface area is 133 Å². The van der Waals surface area contributed by atoms with Gasteiger partial charge in [-0.2, -0.15) is 0 Å². The monoisotopic (exact) mass is 307 g/mol. The van der Waals surface area contributed by atoms with Crippen molar-refractivity contribution in [3.8, 4) is 0 Å². The number of aromatic nitrogens is 3. The van der Waals surface area contributed by atoms with Crippen molar-refractivity contribution < 1.29 is 9.53 Å². The second kappa shape index (κ2) is 6.80. The zero-order valence-electron chi connectivity index (χ0n) is 14.5. The Morgan fingerprint density at radius 2 is 1.91 bits per heavy atom. The van der Waals surface area contributed by atoms with E-state index in [9.17, 15) is 4.79 Å². The maximum absolute atomic E-state index is 11.7. The number of carbonyl (C=O) groups is 1. The minimum atomic E-state index is -0.386. The van der Waals surface area contributed by atoms with Gasteiger partial charge in [-0.1, -0.05) is 32.9 Å². The first-order valence-electron chi connectivity index (χ1n) is 8.49. The summed E-state index contributed by atoms with van der Waals surface area (Å²) >= 11 is 0. The van der Waals surface area contributed by atoms with E-state index in [0.717, 1.165) is 12.8 Å². The van der Waals surface area contributed by atoms with Crippen LogP contribution in [0.1, 0.15) is 76.8 Å². The third-order valence-corrected chi connectivity index (χ3v) is 5.55. The number of carbonyl (C=O) groups excluding carboxylic acids is 1. The predicted molar refractivity (Wildman–Crippen MR) is 85.6 cm³/mol. The van der Waals surface area contributed by atoms with Crippen LogP contribution in [0.5, 0.6) is 0 Å². The van der Waals surface area contributed by atoms with Gasteiger partial charge in [0.2, 0.25) is 0 Å². The Morgan fingerprint density at radius 1 is 1.32 bits per heavy atom. The molecule has 0 radical (unpaired) electrons. The van der Waals surface area contributed by atoms with Crippen molar-refractivity contribution in [2.24, 2.45) is 17.3 Å². The summed E-state index contributed by atoms with van der Waals surface area (Å²) in [6.07, 6.45) is 6.35. The summed E-state index contributed by atoms with van der Waals surface area (Å²) in [5.74, 6) is 1.00. The van der Waals surface area contributed by atoms with Crippen LogP contribution in [-0.4, -0.2) is 27.6 Å². The maximum atomic E-state index is 11.7. The molecule has 0 aliphatic heterocycles. The average molecular weight is 307 g/mol. The molecule has 0 atom stereocenters. The van der Waals surface area contributed by atoms with Crippen LogP contribution >= 0.6 is 0 Å². The molecular formula is C17H29N3O2. The predicted octanol–water partition coefficient (Wildman–Crippen LogP) is 3.87. The summed E-state index contributed by atoms with van der Waals surface area (Å²) in [7, 11) is 0. The molecule has 1 heterocycles. The average Bonchev–Trinajstić information content (AvgIpc) is 2.97. The highest BCUT2D eigenvalue weighted by Gasteiger charge is 2.40. The fourth-order valence-corrected chi connectivity index (χ4v) is 3.98. The van der Waals surface area contributed by atoms with E-state index in [4.69, 9.17) is 4.74 Å². The lowest BCUT2D eigenvalue weighted by molar-refractivity contribution is 0.0386. The molecule has 5 nitrogen and oxygen atoms in total. The minimum absolute atomic E-state index is 0.311. The van der Waals surface area contributed by atoms with Gasteiger partial charge in [-0.05, 0) is 49.9 Å². The van der Waals surface area contributed by atoms with Crippen LogP contribution < -0.4 is 0 Å². The molecule has 5 heteroatoms. The van der Waals surface area contributed by atoms with E-state index in [-0.39, 0.29) is 5.97 Å². The van der Waals surface area contributed by atoms with E-state index >= 15 is 0 Å². The highest BCUT2D eigenvalue weighted by Crippen LogP contribution is 2.50. The first-order valence-corrected chi connectivity index (χ1v) is 8.49. The van der Waals surface area contributed by atoms with E-state index in [1.807, 2.05) is 4.68 Å². The molecule has 0 bridgehead atoms. The van der Waals surface area contributed by atoms with Gasteiger partial charge < -0.3 is 4.74 Å². The molecule has 1 aliphatic carbocycles. The molecule has 0 unspecified atom stereocenters. The van der Waals surface area contributed by atoms with Crippen LogP contribution in [0, 0.1) is 17.3 Å². The summed E-state index contributed by atoms with van der Waals surface area (Å²) in [5, 5.41) is 8.10. The van der Waals surface area contributed by atoms with Crippen molar-refractivity contribution in [2.45, 2.75) is 66.3 Å². The molecule has 22 heavy (non-hydrogen) atoms. The molecule has 2 rings (SSSR count). The Kier molecular flexibility index (Phi) is 5.24. The van der Waals surface area contributed by atoms with Gasteiger partial charge in [0.1, 0.15) is 0 Å². The zero-order valence-corrected chi connectivity index (χ0v) is 14.5. The molecule has 1 aromatic rings. The highest BCUT2D eigenvalue weighted by atomic mass is 16.5. The third kappa shape index (κ3) is 3.18. The summed E-state index contributed by atoms with van der Waals surface area (Å²) < 4.78 is 6.83. The summed E-state index contributed by atoms with van der Waals surface area (Å²) in [5.41, 5.74) is 0.743. The van der Waals surface area contributed by atoms with Crippen LogP contribution in [-0.2, 0) is 4.74 Å². The van der Waals surface area contributed by atoms with Crippen molar-refractivity contribution in [3.05, 3.63) is 11.9 Å². The quantitative estimate of drug-likeness (QED) is 0.775. The number of esters is 1. The van der Waals surface area contributed by atoms with Gasteiger partial charge in [0.05, 0.1) is 18.8 Å². The van der Waals surface area contributed by atoms with E-state index < -0.39 is 0 Å². The molecular weight excluding hydrogens is 278 g/mol. The SMILES string of the molecule is CCOC(=O)c1cn(C2CCC(C(C)C)(C(C)C)CC2)nn1. The van der Waals surface area contributed by atoms with Gasteiger partial charge in [0, 0.05) is 0 Å². The number of hydrogen-bond acceptors (Lipinski definition) is 4. The standard InChI is InChI=1S/C17H29N3O2/c1-6-22-16(21)15-11-20(19-18-15)14-7-9-17(10-8-14,12(2)3)13(4)5/h11-14H,6-10H2,1-5H3. The molecule has 0 amide bonds. The Morgan fingerprint density at radius 3 is 2.41 bits per heavy atom. The number of hydrogen-bond donors (Lipinski definition) is 0. The largest absolute Gasteiger partial charge is 0.461 e. The number of ether oxygens (including phenoxy) is 1.